The summed E-state index contributed by atoms with van der Waals surface area (Å²) >= 11 is 0. The van der Waals surface area contributed by atoms with Gasteiger partial charge in [0.15, 0.2) is 0 Å². The molecule has 20 heavy (non-hydrogen) atoms. The molecule has 1 unspecified atom stereocenters. The van der Waals surface area contributed by atoms with Crippen LogP contribution in [0.3, 0.4) is 0 Å². The third-order valence-corrected chi connectivity index (χ3v) is 2.69. The van der Waals surface area contributed by atoms with E-state index in [-0.39, 0.29) is 11.8 Å². The fraction of sp³-hybridized carbons (Fsp3) is 0.231. The molecule has 7 nitrogen and oxygen atoms in total. The number of carbonyl (C=O) groups is 2. The van der Waals surface area contributed by atoms with Crippen LogP contribution in [-0.2, 0) is 9.59 Å². The van der Waals surface area contributed by atoms with Crippen LogP contribution in [0.2, 0.25) is 0 Å². The van der Waals surface area contributed by atoms with Crippen LogP contribution >= 0.6 is 0 Å². The van der Waals surface area contributed by atoms with E-state index in [2.05, 4.69) is 20.7 Å². The Bertz CT molecular complexity index is 592. The van der Waals surface area contributed by atoms with Crippen LogP contribution in [-0.4, -0.2) is 26.6 Å². The van der Waals surface area contributed by atoms with Gasteiger partial charge in [0.05, 0.1) is 0 Å². The van der Waals surface area contributed by atoms with Crippen LogP contribution in [0, 0.1) is 0 Å². The van der Waals surface area contributed by atoms with Crippen molar-refractivity contribution in [3.8, 4) is 0 Å². The van der Waals surface area contributed by atoms with E-state index in [4.69, 9.17) is 0 Å². The third kappa shape index (κ3) is 3.41. The molecule has 0 saturated carbocycles. The Labute approximate surface area is 116 Å². The number of nitrogens with one attached hydrogen (secondary N) is 2. The lowest BCUT2D eigenvalue weighted by Crippen LogP contribution is -2.24. The Morgan fingerprint density at radius 2 is 1.75 bits per heavy atom. The molecule has 2 N–H and O–H groups in total. The Kier molecular flexibility index (Phi) is 4.09. The fourth-order valence-corrected chi connectivity index (χ4v) is 1.62. The molecule has 0 spiro atoms. The normalized spacial score (nSPS) is 11.7. The quantitative estimate of drug-likeness (QED) is 0.882. The highest BCUT2D eigenvalue weighted by Crippen LogP contribution is 2.15. The molecule has 7 heteroatoms. The highest BCUT2D eigenvalue weighted by atomic mass is 16.2. The molecule has 0 fully saturated rings. The monoisotopic (exact) mass is 273 g/mol. The van der Waals surface area contributed by atoms with Gasteiger partial charge in [-0.2, -0.15) is 5.10 Å². The van der Waals surface area contributed by atoms with Crippen LogP contribution in [0.4, 0.5) is 11.4 Å². The Hall–Kier alpha value is -2.70. The predicted octanol–water partition coefficient (Wildman–Crippen LogP) is 1.44. The molecule has 0 saturated heterocycles. The standard InChI is InChI=1S/C13H15N5O2/c1-9(18-8-14-7-15-18)13(20)17-12-5-3-11(4-6-12)16-10(2)19/h3-9H,1-2H3,(H,16,19)(H,17,20). The molecule has 1 aromatic carbocycles. The largest absolute Gasteiger partial charge is 0.326 e. The first-order valence-electron chi connectivity index (χ1n) is 6.09. The molecule has 1 aromatic heterocycles. The van der Waals surface area contributed by atoms with E-state index in [0.29, 0.717) is 11.4 Å². The summed E-state index contributed by atoms with van der Waals surface area (Å²) in [6.45, 7) is 3.17. The Morgan fingerprint density at radius 3 is 2.25 bits per heavy atom. The van der Waals surface area contributed by atoms with Gasteiger partial charge < -0.3 is 10.6 Å². The van der Waals surface area contributed by atoms with Gasteiger partial charge >= 0.3 is 0 Å². The van der Waals surface area contributed by atoms with E-state index >= 15 is 0 Å². The van der Waals surface area contributed by atoms with Gasteiger partial charge in [0.1, 0.15) is 18.7 Å². The number of carbonyl (C=O) groups excluding carboxylic acids is 2. The lowest BCUT2D eigenvalue weighted by atomic mass is 10.2. The highest BCUT2D eigenvalue weighted by Gasteiger charge is 2.15. The van der Waals surface area contributed by atoms with Gasteiger partial charge in [-0.1, -0.05) is 0 Å². The third-order valence-electron chi connectivity index (χ3n) is 2.69. The molecule has 1 atom stereocenters. The maximum absolute atomic E-state index is 12.0. The van der Waals surface area contributed by atoms with Gasteiger partial charge in [-0.3, -0.25) is 9.59 Å². The van der Waals surface area contributed by atoms with Crippen molar-refractivity contribution in [3.05, 3.63) is 36.9 Å². The smallest absolute Gasteiger partial charge is 0.249 e. The molecule has 0 aliphatic rings. The molecule has 1 heterocycles. The Morgan fingerprint density at radius 1 is 1.15 bits per heavy atom. The number of amides is 2. The lowest BCUT2D eigenvalue weighted by Gasteiger charge is -2.12. The summed E-state index contributed by atoms with van der Waals surface area (Å²) in [7, 11) is 0. The average molecular weight is 273 g/mol. The number of aromatic nitrogens is 3. The molecule has 0 aliphatic carbocycles. The second-order valence-corrected chi connectivity index (χ2v) is 4.30. The molecule has 2 aromatic rings. The Balaban J connectivity index is 1.99. The number of hydrogen-bond acceptors (Lipinski definition) is 4. The van der Waals surface area contributed by atoms with Crippen molar-refractivity contribution >= 4 is 23.2 Å². The van der Waals surface area contributed by atoms with Crippen molar-refractivity contribution in [2.45, 2.75) is 19.9 Å². The van der Waals surface area contributed by atoms with Gasteiger partial charge in [0, 0.05) is 18.3 Å². The second-order valence-electron chi connectivity index (χ2n) is 4.30. The first-order valence-corrected chi connectivity index (χ1v) is 6.09. The zero-order valence-electron chi connectivity index (χ0n) is 11.2. The maximum atomic E-state index is 12.0. The average Bonchev–Trinajstić information content (AvgIpc) is 2.93. The van der Waals surface area contributed by atoms with Crippen LogP contribution in [0.25, 0.3) is 0 Å². The van der Waals surface area contributed by atoms with Gasteiger partial charge in [-0.05, 0) is 31.2 Å². The summed E-state index contributed by atoms with van der Waals surface area (Å²) in [5.74, 6) is -0.329. The van der Waals surface area contributed by atoms with Crippen molar-refractivity contribution in [2.75, 3.05) is 10.6 Å². The van der Waals surface area contributed by atoms with Crippen LogP contribution in [0.1, 0.15) is 19.9 Å². The number of nitrogens with zero attached hydrogens (tertiary/aromatic N) is 3. The van der Waals surface area contributed by atoms with E-state index in [1.54, 1.807) is 31.2 Å². The SMILES string of the molecule is CC(=O)Nc1ccc(NC(=O)C(C)n2cncn2)cc1. The van der Waals surface area contributed by atoms with E-state index < -0.39 is 6.04 Å². The van der Waals surface area contributed by atoms with E-state index in [1.807, 2.05) is 0 Å². The molecule has 2 rings (SSSR count). The molecule has 104 valence electrons. The fourth-order valence-electron chi connectivity index (χ4n) is 1.62. The van der Waals surface area contributed by atoms with Crippen molar-refractivity contribution in [2.24, 2.45) is 0 Å². The number of benzene rings is 1. The topological polar surface area (TPSA) is 88.9 Å². The highest BCUT2D eigenvalue weighted by molar-refractivity contribution is 5.94. The minimum Gasteiger partial charge on any atom is -0.326 e. The predicted molar refractivity (Wildman–Crippen MR) is 74.1 cm³/mol. The molecular formula is C13H15N5O2. The van der Waals surface area contributed by atoms with E-state index in [9.17, 15) is 9.59 Å². The van der Waals surface area contributed by atoms with Crippen LogP contribution in [0.5, 0.6) is 0 Å². The number of anilines is 2. The summed E-state index contributed by atoms with van der Waals surface area (Å²) in [6.07, 6.45) is 2.87. The summed E-state index contributed by atoms with van der Waals surface area (Å²) in [5.41, 5.74) is 1.33. The van der Waals surface area contributed by atoms with E-state index in [0.717, 1.165) is 0 Å². The maximum Gasteiger partial charge on any atom is 0.249 e. The van der Waals surface area contributed by atoms with Crippen LogP contribution < -0.4 is 10.6 Å². The second kappa shape index (κ2) is 5.96. The lowest BCUT2D eigenvalue weighted by molar-refractivity contribution is -0.119. The van der Waals surface area contributed by atoms with Crippen molar-refractivity contribution in [1.82, 2.24) is 14.8 Å². The number of rotatable bonds is 4. The van der Waals surface area contributed by atoms with Crippen molar-refractivity contribution in [1.29, 1.82) is 0 Å². The van der Waals surface area contributed by atoms with Gasteiger partial charge in [0.25, 0.3) is 0 Å². The minimum absolute atomic E-state index is 0.137. The first-order chi connectivity index (χ1) is 9.56. The number of hydrogen-bond donors (Lipinski definition) is 2. The van der Waals surface area contributed by atoms with Gasteiger partial charge in [-0.25, -0.2) is 9.67 Å². The van der Waals surface area contributed by atoms with Crippen LogP contribution in [0.15, 0.2) is 36.9 Å². The summed E-state index contributed by atoms with van der Waals surface area (Å²) in [5, 5.41) is 9.35. The summed E-state index contributed by atoms with van der Waals surface area (Å²) in [4.78, 5) is 26.7. The van der Waals surface area contributed by atoms with Gasteiger partial charge in [-0.15, -0.1) is 0 Å². The molecule has 0 aliphatic heterocycles. The zero-order valence-corrected chi connectivity index (χ0v) is 11.2. The summed E-state index contributed by atoms with van der Waals surface area (Å²) in [6, 6.07) is 6.43. The van der Waals surface area contributed by atoms with Gasteiger partial charge in [0.2, 0.25) is 11.8 Å². The van der Waals surface area contributed by atoms with Crippen molar-refractivity contribution < 1.29 is 9.59 Å². The minimum atomic E-state index is -0.451. The van der Waals surface area contributed by atoms with Crippen molar-refractivity contribution in [3.63, 3.8) is 0 Å². The molecular weight excluding hydrogens is 258 g/mol. The van der Waals surface area contributed by atoms with E-state index in [1.165, 1.54) is 24.3 Å². The molecule has 0 radical (unpaired) electrons. The summed E-state index contributed by atoms with van der Waals surface area (Å²) < 4.78 is 1.47. The molecule has 2 amide bonds. The molecule has 0 bridgehead atoms. The first kappa shape index (κ1) is 13.7. The zero-order chi connectivity index (χ0) is 14.5.